The average Bonchev–Trinajstić information content (AvgIpc) is 2.81. The first-order chi connectivity index (χ1) is 9.33. The van der Waals surface area contributed by atoms with Gasteiger partial charge in [-0.05, 0) is 43.4 Å². The van der Waals surface area contributed by atoms with E-state index in [9.17, 15) is 0 Å². The van der Waals surface area contributed by atoms with E-state index in [-0.39, 0.29) is 0 Å². The Kier molecular flexibility index (Phi) is 3.32. The first-order valence-corrected chi connectivity index (χ1v) is 6.80. The quantitative estimate of drug-likeness (QED) is 0.688. The van der Waals surface area contributed by atoms with E-state index in [1.807, 2.05) is 6.92 Å². The molecular weight excluding hydrogens is 232 g/mol. The molecule has 19 heavy (non-hydrogen) atoms. The molecule has 3 rings (SSSR count). The first kappa shape index (κ1) is 12.0. The van der Waals surface area contributed by atoms with Crippen LogP contribution in [0.4, 0.5) is 0 Å². The highest BCUT2D eigenvalue weighted by Gasteiger charge is 2.04. The Labute approximate surface area is 113 Å². The van der Waals surface area contributed by atoms with E-state index in [4.69, 9.17) is 0 Å². The van der Waals surface area contributed by atoms with Gasteiger partial charge in [-0.3, -0.25) is 0 Å². The predicted molar refractivity (Wildman–Crippen MR) is 78.4 cm³/mol. The van der Waals surface area contributed by atoms with Crippen molar-refractivity contribution in [2.24, 2.45) is 0 Å². The van der Waals surface area contributed by atoms with Gasteiger partial charge in [0.05, 0.1) is 5.69 Å². The molecule has 0 fully saturated rings. The Morgan fingerprint density at radius 2 is 1.84 bits per heavy atom. The van der Waals surface area contributed by atoms with Crippen LogP contribution in [0.2, 0.25) is 0 Å². The molecule has 0 aliphatic heterocycles. The standard InChI is InChI=1S/C17H18N2/c1-14-13-19-12-6-11-16(17(19)18-14)10-5-9-15-7-3-2-4-8-15/h2-4,6-8,11-13H,5,9-10H2,1H3. The number of fused-ring (bicyclic) bond motifs is 1. The van der Waals surface area contributed by atoms with Crippen LogP contribution in [-0.4, -0.2) is 9.38 Å². The number of pyridine rings is 1. The van der Waals surface area contributed by atoms with Crippen molar-refractivity contribution >= 4 is 5.65 Å². The van der Waals surface area contributed by atoms with Crippen LogP contribution in [0.5, 0.6) is 0 Å². The van der Waals surface area contributed by atoms with Crippen LogP contribution in [0, 0.1) is 6.92 Å². The van der Waals surface area contributed by atoms with Crippen molar-refractivity contribution in [3.8, 4) is 0 Å². The van der Waals surface area contributed by atoms with Gasteiger partial charge in [0, 0.05) is 12.4 Å². The molecule has 2 nitrogen and oxygen atoms in total. The molecule has 0 unspecified atom stereocenters. The van der Waals surface area contributed by atoms with Gasteiger partial charge in [0.15, 0.2) is 0 Å². The van der Waals surface area contributed by atoms with Crippen molar-refractivity contribution in [1.29, 1.82) is 0 Å². The topological polar surface area (TPSA) is 17.3 Å². The van der Waals surface area contributed by atoms with Crippen molar-refractivity contribution in [1.82, 2.24) is 9.38 Å². The fourth-order valence-corrected chi connectivity index (χ4v) is 2.52. The number of hydrogen-bond donors (Lipinski definition) is 0. The molecule has 0 aliphatic carbocycles. The molecular formula is C17H18N2. The lowest BCUT2D eigenvalue weighted by molar-refractivity contribution is 0.819. The summed E-state index contributed by atoms with van der Waals surface area (Å²) in [6.45, 7) is 2.04. The zero-order chi connectivity index (χ0) is 13.1. The van der Waals surface area contributed by atoms with E-state index in [0.29, 0.717) is 0 Å². The number of imidazole rings is 1. The lowest BCUT2D eigenvalue weighted by Gasteiger charge is -2.04. The minimum Gasteiger partial charge on any atom is -0.307 e. The smallest absolute Gasteiger partial charge is 0.140 e. The summed E-state index contributed by atoms with van der Waals surface area (Å²) in [6, 6.07) is 15.0. The molecule has 1 aromatic carbocycles. The van der Waals surface area contributed by atoms with E-state index in [0.717, 1.165) is 30.6 Å². The molecule has 0 saturated heterocycles. The SMILES string of the molecule is Cc1cn2cccc(CCCc3ccccc3)c2n1. The Balaban J connectivity index is 1.72. The van der Waals surface area contributed by atoms with Gasteiger partial charge in [0.25, 0.3) is 0 Å². The third-order valence-electron chi connectivity index (χ3n) is 3.44. The van der Waals surface area contributed by atoms with Crippen LogP contribution < -0.4 is 0 Å². The summed E-state index contributed by atoms with van der Waals surface area (Å²) < 4.78 is 2.12. The predicted octanol–water partition coefficient (Wildman–Crippen LogP) is 3.82. The normalized spacial score (nSPS) is 11.0. The summed E-state index contributed by atoms with van der Waals surface area (Å²) in [5.41, 5.74) is 4.93. The molecule has 0 saturated carbocycles. The molecule has 2 heteroatoms. The Bertz CT molecular complexity index is 668. The number of aryl methyl sites for hydroxylation is 3. The van der Waals surface area contributed by atoms with Gasteiger partial charge in [-0.15, -0.1) is 0 Å². The number of aromatic nitrogens is 2. The van der Waals surface area contributed by atoms with Gasteiger partial charge in [-0.1, -0.05) is 36.4 Å². The Hall–Kier alpha value is -2.09. The molecule has 0 spiro atoms. The molecule has 2 heterocycles. The number of benzene rings is 1. The van der Waals surface area contributed by atoms with Crippen LogP contribution in [0.1, 0.15) is 23.2 Å². The lowest BCUT2D eigenvalue weighted by Crippen LogP contribution is -1.94. The van der Waals surface area contributed by atoms with E-state index in [1.54, 1.807) is 0 Å². The van der Waals surface area contributed by atoms with E-state index in [2.05, 4.69) is 64.2 Å². The maximum atomic E-state index is 4.60. The molecule has 96 valence electrons. The highest BCUT2D eigenvalue weighted by Crippen LogP contribution is 2.14. The summed E-state index contributed by atoms with van der Waals surface area (Å²) in [6.07, 6.45) is 7.51. The van der Waals surface area contributed by atoms with E-state index in [1.165, 1.54) is 11.1 Å². The van der Waals surface area contributed by atoms with Crippen LogP contribution in [-0.2, 0) is 12.8 Å². The second-order valence-electron chi connectivity index (χ2n) is 4.99. The van der Waals surface area contributed by atoms with E-state index < -0.39 is 0 Å². The van der Waals surface area contributed by atoms with Gasteiger partial charge < -0.3 is 4.40 Å². The summed E-state index contributed by atoms with van der Waals surface area (Å²) in [5, 5.41) is 0. The van der Waals surface area contributed by atoms with Crippen LogP contribution in [0.25, 0.3) is 5.65 Å². The monoisotopic (exact) mass is 250 g/mol. The fourth-order valence-electron chi connectivity index (χ4n) is 2.52. The van der Waals surface area contributed by atoms with Gasteiger partial charge in [0.2, 0.25) is 0 Å². The third-order valence-corrected chi connectivity index (χ3v) is 3.44. The minimum absolute atomic E-state index is 1.08. The van der Waals surface area contributed by atoms with E-state index >= 15 is 0 Å². The van der Waals surface area contributed by atoms with Crippen LogP contribution in [0.15, 0.2) is 54.9 Å². The van der Waals surface area contributed by atoms with Crippen molar-refractivity contribution in [3.63, 3.8) is 0 Å². The number of nitrogens with zero attached hydrogens (tertiary/aromatic N) is 2. The van der Waals surface area contributed by atoms with Crippen molar-refractivity contribution < 1.29 is 0 Å². The fraction of sp³-hybridized carbons (Fsp3) is 0.235. The molecule has 0 atom stereocenters. The zero-order valence-corrected chi connectivity index (χ0v) is 11.2. The van der Waals surface area contributed by atoms with Gasteiger partial charge in [0.1, 0.15) is 5.65 Å². The van der Waals surface area contributed by atoms with Gasteiger partial charge >= 0.3 is 0 Å². The minimum atomic E-state index is 1.08. The average molecular weight is 250 g/mol. The highest BCUT2D eigenvalue weighted by molar-refractivity contribution is 5.48. The second-order valence-corrected chi connectivity index (χ2v) is 4.99. The van der Waals surface area contributed by atoms with Crippen molar-refractivity contribution in [2.45, 2.75) is 26.2 Å². The molecule has 3 aromatic rings. The zero-order valence-electron chi connectivity index (χ0n) is 11.2. The lowest BCUT2D eigenvalue weighted by atomic mass is 10.0. The Morgan fingerprint density at radius 1 is 1.00 bits per heavy atom. The summed E-state index contributed by atoms with van der Waals surface area (Å²) >= 11 is 0. The molecule has 0 bridgehead atoms. The third kappa shape index (κ3) is 2.68. The van der Waals surface area contributed by atoms with Crippen LogP contribution in [0.3, 0.4) is 0 Å². The molecule has 0 radical (unpaired) electrons. The molecule has 0 amide bonds. The molecule has 0 N–H and O–H groups in total. The van der Waals surface area contributed by atoms with Crippen molar-refractivity contribution in [3.05, 3.63) is 71.7 Å². The number of hydrogen-bond acceptors (Lipinski definition) is 1. The molecule has 0 aliphatic rings. The summed E-state index contributed by atoms with van der Waals surface area (Å²) in [4.78, 5) is 4.60. The number of rotatable bonds is 4. The van der Waals surface area contributed by atoms with Crippen molar-refractivity contribution in [2.75, 3.05) is 0 Å². The second kappa shape index (κ2) is 5.27. The summed E-state index contributed by atoms with van der Waals surface area (Å²) in [5.74, 6) is 0. The highest BCUT2D eigenvalue weighted by atomic mass is 15.0. The van der Waals surface area contributed by atoms with Gasteiger partial charge in [-0.2, -0.15) is 0 Å². The van der Waals surface area contributed by atoms with Gasteiger partial charge in [-0.25, -0.2) is 4.98 Å². The summed E-state index contributed by atoms with van der Waals surface area (Å²) in [7, 11) is 0. The first-order valence-electron chi connectivity index (χ1n) is 6.80. The Morgan fingerprint density at radius 3 is 2.68 bits per heavy atom. The maximum absolute atomic E-state index is 4.60. The largest absolute Gasteiger partial charge is 0.307 e. The maximum Gasteiger partial charge on any atom is 0.140 e. The molecule has 2 aromatic heterocycles. The van der Waals surface area contributed by atoms with Crippen LogP contribution >= 0.6 is 0 Å².